The number of aliphatic imine (C=N–C) groups is 1. The zero-order valence-corrected chi connectivity index (χ0v) is 13.1. The number of urea groups is 1. The lowest BCUT2D eigenvalue weighted by Crippen LogP contribution is -2.58. The monoisotopic (exact) mass is 305 g/mol. The van der Waals surface area contributed by atoms with Crippen molar-refractivity contribution in [3.8, 4) is 0 Å². The molecule has 2 heterocycles. The summed E-state index contributed by atoms with van der Waals surface area (Å²) >= 11 is 0. The molecule has 0 spiro atoms. The van der Waals surface area contributed by atoms with Gasteiger partial charge in [-0.25, -0.2) is 9.79 Å². The van der Waals surface area contributed by atoms with Gasteiger partial charge in [-0.2, -0.15) is 0 Å². The lowest BCUT2D eigenvalue weighted by molar-refractivity contribution is -0.119. The third-order valence-electron chi connectivity index (χ3n) is 3.27. The Labute approximate surface area is 130 Å². The van der Waals surface area contributed by atoms with Crippen molar-refractivity contribution in [3.05, 3.63) is 24.4 Å². The van der Waals surface area contributed by atoms with Crippen molar-refractivity contribution in [1.82, 2.24) is 21.3 Å². The van der Waals surface area contributed by atoms with Crippen LogP contribution in [0.4, 0.5) is 4.79 Å². The molecule has 7 heteroatoms. The van der Waals surface area contributed by atoms with E-state index in [1.807, 2.05) is 39.0 Å². The van der Waals surface area contributed by atoms with Gasteiger partial charge < -0.3 is 10.6 Å². The van der Waals surface area contributed by atoms with Crippen LogP contribution >= 0.6 is 0 Å². The fourth-order valence-corrected chi connectivity index (χ4v) is 2.08. The maximum Gasteiger partial charge on any atom is 0.322 e. The molecule has 2 rings (SSSR count). The molecule has 120 valence electrons. The molecule has 2 aliphatic heterocycles. The Bertz CT molecular complexity index is 531. The number of amides is 3. The van der Waals surface area contributed by atoms with Crippen molar-refractivity contribution in [2.75, 3.05) is 0 Å². The molecule has 0 aromatic carbocycles. The molecule has 0 aliphatic carbocycles. The summed E-state index contributed by atoms with van der Waals surface area (Å²) < 4.78 is 0. The van der Waals surface area contributed by atoms with Gasteiger partial charge >= 0.3 is 6.03 Å². The molecule has 0 aromatic rings. The summed E-state index contributed by atoms with van der Waals surface area (Å²) in [5.74, 6) is 0.598. The summed E-state index contributed by atoms with van der Waals surface area (Å²) in [5, 5.41) is 11.4. The van der Waals surface area contributed by atoms with Crippen LogP contribution in [0, 0.1) is 5.41 Å². The topological polar surface area (TPSA) is 94.6 Å². The van der Waals surface area contributed by atoms with E-state index in [0.29, 0.717) is 18.7 Å². The van der Waals surface area contributed by atoms with Gasteiger partial charge in [0.2, 0.25) is 5.91 Å². The van der Waals surface area contributed by atoms with Crippen LogP contribution in [-0.4, -0.2) is 30.1 Å². The van der Waals surface area contributed by atoms with Crippen LogP contribution < -0.4 is 21.3 Å². The van der Waals surface area contributed by atoms with Crippen LogP contribution in [0.1, 0.15) is 33.6 Å². The molecule has 2 atom stereocenters. The average molecular weight is 305 g/mol. The predicted molar refractivity (Wildman–Crippen MR) is 84.9 cm³/mol. The van der Waals surface area contributed by atoms with Crippen molar-refractivity contribution in [2.24, 2.45) is 10.4 Å². The molecule has 0 fully saturated rings. The fourth-order valence-electron chi connectivity index (χ4n) is 2.08. The van der Waals surface area contributed by atoms with Crippen molar-refractivity contribution in [2.45, 2.75) is 45.9 Å². The van der Waals surface area contributed by atoms with Gasteiger partial charge in [-0.1, -0.05) is 39.0 Å². The molecule has 7 nitrogen and oxygen atoms in total. The van der Waals surface area contributed by atoms with E-state index in [1.54, 1.807) is 6.20 Å². The van der Waals surface area contributed by atoms with E-state index in [4.69, 9.17) is 0 Å². The quantitative estimate of drug-likeness (QED) is 0.572. The minimum absolute atomic E-state index is 0.0389. The number of carbonyl (C=O) groups is 2. The molecule has 0 aromatic heterocycles. The highest BCUT2D eigenvalue weighted by atomic mass is 16.2. The lowest BCUT2D eigenvalue weighted by Gasteiger charge is -2.31. The molecule has 0 saturated heterocycles. The van der Waals surface area contributed by atoms with Gasteiger partial charge in [-0.05, 0) is 6.42 Å². The van der Waals surface area contributed by atoms with Crippen LogP contribution in [0.15, 0.2) is 29.4 Å². The second-order valence-corrected chi connectivity index (χ2v) is 6.34. The fraction of sp³-hybridized carbons (Fsp3) is 0.533. The van der Waals surface area contributed by atoms with Crippen molar-refractivity contribution < 1.29 is 9.59 Å². The number of nitrogens with one attached hydrogen (secondary N) is 4. The zero-order chi connectivity index (χ0) is 16.2. The third kappa shape index (κ3) is 4.70. The summed E-state index contributed by atoms with van der Waals surface area (Å²) in [6.07, 6.45) is 7.85. The minimum Gasteiger partial charge on any atom is -0.333 e. The van der Waals surface area contributed by atoms with E-state index in [9.17, 15) is 9.59 Å². The average Bonchev–Trinajstić information content (AvgIpc) is 2.50. The molecular formula is C15H23N5O2. The molecule has 0 bridgehead atoms. The number of carbonyl (C=O) groups excluding carboxylic acids is 2. The maximum atomic E-state index is 11.8. The Morgan fingerprint density at radius 2 is 2.05 bits per heavy atom. The summed E-state index contributed by atoms with van der Waals surface area (Å²) in [6.45, 7) is 5.98. The summed E-state index contributed by atoms with van der Waals surface area (Å²) in [7, 11) is 0. The van der Waals surface area contributed by atoms with Crippen molar-refractivity contribution in [3.63, 3.8) is 0 Å². The Morgan fingerprint density at radius 1 is 1.27 bits per heavy atom. The summed E-state index contributed by atoms with van der Waals surface area (Å²) in [5.41, 5.74) is -0.236. The maximum absolute atomic E-state index is 11.8. The van der Waals surface area contributed by atoms with E-state index in [0.717, 1.165) is 0 Å². The molecule has 22 heavy (non-hydrogen) atoms. The molecule has 2 aliphatic rings. The first kappa shape index (κ1) is 16.2. The van der Waals surface area contributed by atoms with Gasteiger partial charge in [0.05, 0.1) is 0 Å². The normalized spacial score (nSPS) is 29.0. The Balaban J connectivity index is 2.07. The second kappa shape index (κ2) is 6.74. The van der Waals surface area contributed by atoms with Gasteiger partial charge in [0, 0.05) is 24.1 Å². The third-order valence-corrected chi connectivity index (χ3v) is 3.27. The largest absolute Gasteiger partial charge is 0.333 e. The van der Waals surface area contributed by atoms with E-state index in [1.165, 1.54) is 0 Å². The first-order valence-corrected chi connectivity index (χ1v) is 7.37. The van der Waals surface area contributed by atoms with Crippen molar-refractivity contribution >= 4 is 17.8 Å². The summed E-state index contributed by atoms with van der Waals surface area (Å²) in [4.78, 5) is 27.6. The van der Waals surface area contributed by atoms with E-state index >= 15 is 0 Å². The highest BCUT2D eigenvalue weighted by Crippen LogP contribution is 2.16. The lowest BCUT2D eigenvalue weighted by atomic mass is 9.94. The zero-order valence-electron chi connectivity index (χ0n) is 13.1. The number of nitrogens with zero attached hydrogens (tertiary/aromatic N) is 1. The predicted octanol–water partition coefficient (Wildman–Crippen LogP) is 0.966. The van der Waals surface area contributed by atoms with E-state index in [-0.39, 0.29) is 23.4 Å². The first-order valence-electron chi connectivity index (χ1n) is 7.37. The molecule has 3 amide bonds. The molecule has 0 radical (unpaired) electrons. The second-order valence-electron chi connectivity index (χ2n) is 6.34. The number of hydrogen-bond acceptors (Lipinski definition) is 4. The molecule has 2 unspecified atom stereocenters. The SMILES string of the molecule is CC(C)(C)C1=NC(NC2/C=C/NC(=O)C/C=C/C2)NC(=O)N1. The summed E-state index contributed by atoms with van der Waals surface area (Å²) in [6, 6.07) is -0.309. The van der Waals surface area contributed by atoms with E-state index in [2.05, 4.69) is 26.3 Å². The van der Waals surface area contributed by atoms with Crippen LogP contribution in [0.2, 0.25) is 0 Å². The molecular weight excluding hydrogens is 282 g/mol. The highest BCUT2D eigenvalue weighted by molar-refractivity contribution is 6.01. The van der Waals surface area contributed by atoms with Gasteiger partial charge in [0.1, 0.15) is 5.84 Å². The van der Waals surface area contributed by atoms with Gasteiger partial charge in [-0.15, -0.1) is 0 Å². The highest BCUT2D eigenvalue weighted by Gasteiger charge is 2.28. The van der Waals surface area contributed by atoms with E-state index < -0.39 is 6.29 Å². The van der Waals surface area contributed by atoms with Gasteiger partial charge in [0.15, 0.2) is 6.29 Å². The molecule has 0 saturated carbocycles. The van der Waals surface area contributed by atoms with Crippen LogP contribution in [0.5, 0.6) is 0 Å². The Morgan fingerprint density at radius 3 is 2.77 bits per heavy atom. The molecule has 4 N–H and O–H groups in total. The number of hydrogen-bond donors (Lipinski definition) is 4. The Hall–Kier alpha value is -2.15. The number of amidine groups is 1. The smallest absolute Gasteiger partial charge is 0.322 e. The van der Waals surface area contributed by atoms with Crippen LogP contribution in [-0.2, 0) is 4.79 Å². The minimum atomic E-state index is -0.498. The Kier molecular flexibility index (Phi) is 4.97. The standard InChI is InChI=1S/C15H23N5O2/c1-15(2,3)12-18-13(20-14(22)19-12)17-10-6-4-5-7-11(21)16-9-8-10/h4-5,8-10,13,17H,6-7H2,1-3H3,(H,16,21)(H2,18,19,20,22)/b5-4+,9-8+. The van der Waals surface area contributed by atoms with Crippen molar-refractivity contribution in [1.29, 1.82) is 0 Å². The van der Waals surface area contributed by atoms with Gasteiger partial charge in [-0.3, -0.25) is 15.4 Å². The van der Waals surface area contributed by atoms with Crippen LogP contribution in [0.3, 0.4) is 0 Å². The van der Waals surface area contributed by atoms with Gasteiger partial charge in [0.25, 0.3) is 0 Å². The number of rotatable bonds is 2. The first-order chi connectivity index (χ1) is 10.3. The van der Waals surface area contributed by atoms with Crippen LogP contribution in [0.25, 0.3) is 0 Å².